The summed E-state index contributed by atoms with van der Waals surface area (Å²) in [5.41, 5.74) is 0.150. The van der Waals surface area contributed by atoms with Crippen LogP contribution in [-0.2, 0) is 6.54 Å². The molecule has 1 fully saturated rings. The van der Waals surface area contributed by atoms with Crippen LogP contribution in [-0.4, -0.2) is 12.1 Å². The topological polar surface area (TPSA) is 41.1 Å². The van der Waals surface area contributed by atoms with Crippen molar-refractivity contribution in [3.63, 3.8) is 0 Å². The van der Waals surface area contributed by atoms with Crippen LogP contribution in [0.2, 0.25) is 0 Å². The van der Waals surface area contributed by atoms with Crippen LogP contribution in [0.3, 0.4) is 0 Å². The molecule has 2 N–H and O–H groups in total. The van der Waals surface area contributed by atoms with E-state index < -0.39 is 11.6 Å². The van der Waals surface area contributed by atoms with Gasteiger partial charge in [0.25, 0.3) is 0 Å². The number of carbonyl (C=O) groups is 1. The van der Waals surface area contributed by atoms with Crippen LogP contribution in [0.4, 0.5) is 13.6 Å². The Labute approximate surface area is 105 Å². The van der Waals surface area contributed by atoms with Gasteiger partial charge in [-0.15, -0.1) is 0 Å². The minimum atomic E-state index is -0.516. The zero-order valence-corrected chi connectivity index (χ0v) is 10.0. The summed E-state index contributed by atoms with van der Waals surface area (Å²) in [6.45, 7) is -0.0118. The first kappa shape index (κ1) is 12.8. The van der Waals surface area contributed by atoms with E-state index in [1.807, 2.05) is 0 Å². The molecule has 0 heterocycles. The predicted molar refractivity (Wildman–Crippen MR) is 64.0 cm³/mol. The van der Waals surface area contributed by atoms with Crippen molar-refractivity contribution >= 4 is 6.03 Å². The highest BCUT2D eigenvalue weighted by atomic mass is 19.1. The lowest BCUT2D eigenvalue weighted by Crippen LogP contribution is -2.40. The van der Waals surface area contributed by atoms with Crippen molar-refractivity contribution in [2.75, 3.05) is 0 Å². The van der Waals surface area contributed by atoms with Crippen LogP contribution >= 0.6 is 0 Å². The van der Waals surface area contributed by atoms with Crippen molar-refractivity contribution in [3.05, 3.63) is 35.4 Å². The summed E-state index contributed by atoms with van der Waals surface area (Å²) >= 11 is 0. The third kappa shape index (κ3) is 3.42. The molecule has 3 nitrogen and oxygen atoms in total. The molecule has 2 rings (SSSR count). The minimum absolute atomic E-state index is 0.0118. The minimum Gasteiger partial charge on any atom is -0.335 e. The molecule has 0 bridgehead atoms. The number of amides is 2. The zero-order chi connectivity index (χ0) is 13.0. The maximum absolute atomic E-state index is 13.3. The van der Waals surface area contributed by atoms with Gasteiger partial charge in [0.05, 0.1) is 0 Å². The van der Waals surface area contributed by atoms with E-state index in [1.165, 1.54) is 0 Å². The lowest BCUT2D eigenvalue weighted by atomic mass is 10.2. The number of hydrogen-bond acceptors (Lipinski definition) is 1. The van der Waals surface area contributed by atoms with E-state index in [9.17, 15) is 13.6 Å². The number of rotatable bonds is 3. The van der Waals surface area contributed by atoms with Gasteiger partial charge in [0.2, 0.25) is 0 Å². The van der Waals surface area contributed by atoms with Crippen LogP contribution in [0.1, 0.15) is 31.2 Å². The van der Waals surface area contributed by atoms with Crippen molar-refractivity contribution in [3.8, 4) is 0 Å². The van der Waals surface area contributed by atoms with Crippen molar-refractivity contribution in [1.82, 2.24) is 10.6 Å². The van der Waals surface area contributed by atoms with Crippen molar-refractivity contribution in [1.29, 1.82) is 0 Å². The number of urea groups is 1. The van der Waals surface area contributed by atoms with E-state index in [0.29, 0.717) is 0 Å². The molecule has 2 amide bonds. The molecule has 0 aliphatic heterocycles. The molecule has 1 saturated carbocycles. The van der Waals surface area contributed by atoms with E-state index in [0.717, 1.165) is 43.9 Å². The molecule has 0 spiro atoms. The van der Waals surface area contributed by atoms with Gasteiger partial charge in [-0.3, -0.25) is 0 Å². The molecule has 0 unspecified atom stereocenters. The third-order valence-corrected chi connectivity index (χ3v) is 3.14. The summed E-state index contributed by atoms with van der Waals surface area (Å²) in [7, 11) is 0. The average molecular weight is 254 g/mol. The van der Waals surface area contributed by atoms with E-state index in [2.05, 4.69) is 10.6 Å². The van der Waals surface area contributed by atoms with E-state index in [4.69, 9.17) is 0 Å². The molecule has 1 aromatic carbocycles. The van der Waals surface area contributed by atoms with Gasteiger partial charge < -0.3 is 10.6 Å². The molecular weight excluding hydrogens is 238 g/mol. The van der Waals surface area contributed by atoms with Gasteiger partial charge in [-0.2, -0.15) is 0 Å². The molecule has 1 aromatic rings. The fourth-order valence-electron chi connectivity index (χ4n) is 2.16. The first-order valence-electron chi connectivity index (χ1n) is 6.13. The van der Waals surface area contributed by atoms with Gasteiger partial charge in [0.1, 0.15) is 11.6 Å². The Kier molecular flexibility index (Phi) is 4.12. The monoisotopic (exact) mass is 254 g/mol. The molecular formula is C13H16F2N2O. The fourth-order valence-corrected chi connectivity index (χ4v) is 2.16. The van der Waals surface area contributed by atoms with Crippen molar-refractivity contribution in [2.24, 2.45) is 0 Å². The largest absolute Gasteiger partial charge is 0.335 e. The Morgan fingerprint density at radius 2 is 2.00 bits per heavy atom. The lowest BCUT2D eigenvalue weighted by Gasteiger charge is -2.13. The Morgan fingerprint density at radius 1 is 1.28 bits per heavy atom. The second kappa shape index (κ2) is 5.80. The first-order valence-corrected chi connectivity index (χ1v) is 6.13. The lowest BCUT2D eigenvalue weighted by molar-refractivity contribution is 0.236. The molecule has 0 atom stereocenters. The SMILES string of the molecule is O=C(NCc1cc(F)ccc1F)NC1CCCC1. The quantitative estimate of drug-likeness (QED) is 0.855. The van der Waals surface area contributed by atoms with Gasteiger partial charge in [-0.25, -0.2) is 13.6 Å². The number of hydrogen-bond donors (Lipinski definition) is 2. The van der Waals surface area contributed by atoms with E-state index in [1.54, 1.807) is 0 Å². The highest BCUT2D eigenvalue weighted by Gasteiger charge is 2.16. The number of carbonyl (C=O) groups excluding carboxylic acids is 1. The van der Waals surface area contributed by atoms with Crippen LogP contribution in [0.25, 0.3) is 0 Å². The molecule has 1 aliphatic carbocycles. The van der Waals surface area contributed by atoms with Gasteiger partial charge in [-0.1, -0.05) is 12.8 Å². The third-order valence-electron chi connectivity index (χ3n) is 3.14. The average Bonchev–Trinajstić information content (AvgIpc) is 2.83. The van der Waals surface area contributed by atoms with Crippen LogP contribution in [0.5, 0.6) is 0 Å². The highest BCUT2D eigenvalue weighted by molar-refractivity contribution is 5.74. The Hall–Kier alpha value is -1.65. The Balaban J connectivity index is 1.83. The molecule has 0 saturated heterocycles. The maximum atomic E-state index is 13.3. The molecule has 18 heavy (non-hydrogen) atoms. The van der Waals surface area contributed by atoms with Gasteiger partial charge in [-0.05, 0) is 31.0 Å². The van der Waals surface area contributed by atoms with Crippen LogP contribution in [0.15, 0.2) is 18.2 Å². The molecule has 0 radical (unpaired) electrons. The molecule has 98 valence electrons. The first-order chi connectivity index (χ1) is 8.65. The predicted octanol–water partition coefficient (Wildman–Crippen LogP) is 2.71. The fraction of sp³-hybridized carbons (Fsp3) is 0.462. The van der Waals surface area contributed by atoms with Gasteiger partial charge in [0, 0.05) is 18.2 Å². The van der Waals surface area contributed by atoms with E-state index in [-0.39, 0.29) is 24.2 Å². The van der Waals surface area contributed by atoms with Crippen molar-refractivity contribution < 1.29 is 13.6 Å². The second-order valence-electron chi connectivity index (χ2n) is 4.54. The van der Waals surface area contributed by atoms with Crippen LogP contribution in [0, 0.1) is 11.6 Å². The summed E-state index contributed by atoms with van der Waals surface area (Å²) in [5.74, 6) is -1.03. The maximum Gasteiger partial charge on any atom is 0.315 e. The highest BCUT2D eigenvalue weighted by Crippen LogP contribution is 2.17. The molecule has 5 heteroatoms. The summed E-state index contributed by atoms with van der Waals surface area (Å²) in [5, 5.41) is 5.35. The van der Waals surface area contributed by atoms with Crippen LogP contribution < -0.4 is 10.6 Å². The number of benzene rings is 1. The Morgan fingerprint density at radius 3 is 2.72 bits per heavy atom. The molecule has 1 aliphatic rings. The normalized spacial score (nSPS) is 15.7. The number of halogens is 2. The standard InChI is InChI=1S/C13H16F2N2O/c14-10-5-6-12(15)9(7-10)8-16-13(18)17-11-3-1-2-4-11/h5-7,11H,1-4,8H2,(H2,16,17,18). The number of nitrogens with one attached hydrogen (secondary N) is 2. The van der Waals surface area contributed by atoms with E-state index >= 15 is 0 Å². The zero-order valence-electron chi connectivity index (χ0n) is 10.0. The smallest absolute Gasteiger partial charge is 0.315 e. The Bertz CT molecular complexity index is 431. The van der Waals surface area contributed by atoms with Crippen molar-refractivity contribution in [2.45, 2.75) is 38.3 Å². The van der Waals surface area contributed by atoms with Gasteiger partial charge in [0.15, 0.2) is 0 Å². The summed E-state index contributed by atoms with van der Waals surface area (Å²) in [6.07, 6.45) is 4.23. The summed E-state index contributed by atoms with van der Waals surface area (Å²) in [4.78, 5) is 11.5. The second-order valence-corrected chi connectivity index (χ2v) is 4.54. The molecule has 0 aromatic heterocycles. The van der Waals surface area contributed by atoms with Gasteiger partial charge >= 0.3 is 6.03 Å². The summed E-state index contributed by atoms with van der Waals surface area (Å²) < 4.78 is 26.2. The summed E-state index contributed by atoms with van der Waals surface area (Å²) in [6, 6.07) is 3.08.